The van der Waals surface area contributed by atoms with Crippen molar-refractivity contribution >= 4 is 11.8 Å². The fourth-order valence-corrected chi connectivity index (χ4v) is 4.35. The van der Waals surface area contributed by atoms with Crippen molar-refractivity contribution in [1.82, 2.24) is 9.80 Å². The lowest BCUT2D eigenvalue weighted by Gasteiger charge is -2.54. The Morgan fingerprint density at radius 1 is 0.955 bits per heavy atom. The van der Waals surface area contributed by atoms with E-state index in [1.807, 2.05) is 27.7 Å². The normalized spacial score (nSPS) is 26.1. The van der Waals surface area contributed by atoms with E-state index < -0.39 is 11.1 Å². The van der Waals surface area contributed by atoms with Gasteiger partial charge < -0.3 is 15.5 Å². The van der Waals surface area contributed by atoms with Crippen molar-refractivity contribution in [3.05, 3.63) is 0 Å². The topological polar surface area (TPSA) is 66.6 Å². The van der Waals surface area contributed by atoms with Gasteiger partial charge in [0, 0.05) is 30.2 Å². The predicted octanol–water partition coefficient (Wildman–Crippen LogP) is 1.75. The Hall–Kier alpha value is -1.10. The van der Waals surface area contributed by atoms with Gasteiger partial charge in [0.05, 0.1) is 0 Å². The highest BCUT2D eigenvalue weighted by Crippen LogP contribution is 2.38. The fraction of sp³-hybridized carbons (Fsp3) is 0.882. The molecule has 2 aliphatic heterocycles. The number of hydrogen-bond donors (Lipinski definition) is 1. The van der Waals surface area contributed by atoms with E-state index in [1.165, 1.54) is 0 Å². The van der Waals surface area contributed by atoms with Crippen LogP contribution in [0.25, 0.3) is 0 Å². The van der Waals surface area contributed by atoms with E-state index in [0.29, 0.717) is 19.0 Å². The van der Waals surface area contributed by atoms with Gasteiger partial charge in [0.15, 0.2) is 0 Å². The van der Waals surface area contributed by atoms with E-state index in [0.717, 1.165) is 25.7 Å². The third-order valence-electron chi connectivity index (χ3n) is 5.19. The molecule has 2 saturated heterocycles. The maximum atomic E-state index is 12.9. The van der Waals surface area contributed by atoms with Crippen molar-refractivity contribution in [2.24, 2.45) is 11.7 Å². The molecule has 0 aliphatic carbocycles. The first kappa shape index (κ1) is 17.3. The van der Waals surface area contributed by atoms with Crippen LogP contribution in [0.15, 0.2) is 0 Å². The SMILES string of the molecule is CC1CCN(C(=O)C(=O)N2C(C)(C)CC(N)CC2(C)C)CC1. The van der Waals surface area contributed by atoms with Gasteiger partial charge in [0.2, 0.25) is 0 Å². The molecule has 5 heteroatoms. The zero-order valence-corrected chi connectivity index (χ0v) is 14.7. The van der Waals surface area contributed by atoms with E-state index in [-0.39, 0.29) is 17.9 Å². The summed E-state index contributed by atoms with van der Waals surface area (Å²) in [5.41, 5.74) is 5.37. The van der Waals surface area contributed by atoms with Gasteiger partial charge >= 0.3 is 11.8 Å². The molecule has 0 radical (unpaired) electrons. The molecule has 2 amide bonds. The molecular weight excluding hydrogens is 278 g/mol. The van der Waals surface area contributed by atoms with Crippen molar-refractivity contribution in [3.63, 3.8) is 0 Å². The zero-order valence-electron chi connectivity index (χ0n) is 14.7. The molecule has 0 aromatic heterocycles. The van der Waals surface area contributed by atoms with Crippen LogP contribution in [0.2, 0.25) is 0 Å². The lowest BCUT2D eigenvalue weighted by molar-refractivity contribution is -0.164. The largest absolute Gasteiger partial charge is 0.334 e. The van der Waals surface area contributed by atoms with Crippen molar-refractivity contribution in [1.29, 1.82) is 0 Å². The van der Waals surface area contributed by atoms with Gasteiger partial charge in [-0.25, -0.2) is 0 Å². The van der Waals surface area contributed by atoms with Gasteiger partial charge in [-0.3, -0.25) is 9.59 Å². The van der Waals surface area contributed by atoms with E-state index in [2.05, 4.69) is 6.92 Å². The Balaban J connectivity index is 2.17. The minimum atomic E-state index is -0.392. The maximum absolute atomic E-state index is 12.9. The summed E-state index contributed by atoms with van der Waals surface area (Å²) in [6, 6.07) is 0.0694. The highest BCUT2D eigenvalue weighted by Gasteiger charge is 2.49. The molecule has 2 fully saturated rings. The molecule has 0 atom stereocenters. The van der Waals surface area contributed by atoms with Crippen LogP contribution < -0.4 is 5.73 Å². The Morgan fingerprint density at radius 2 is 1.41 bits per heavy atom. The van der Waals surface area contributed by atoms with Crippen molar-refractivity contribution in [2.45, 2.75) is 77.4 Å². The van der Waals surface area contributed by atoms with Gasteiger partial charge in [0.25, 0.3) is 0 Å². The highest BCUT2D eigenvalue weighted by molar-refractivity contribution is 6.35. The quantitative estimate of drug-likeness (QED) is 0.693. The van der Waals surface area contributed by atoms with Crippen molar-refractivity contribution < 1.29 is 9.59 Å². The predicted molar refractivity (Wildman–Crippen MR) is 87.2 cm³/mol. The molecular formula is C17H31N3O2. The summed E-state index contributed by atoms with van der Waals surface area (Å²) < 4.78 is 0. The first-order valence-electron chi connectivity index (χ1n) is 8.44. The van der Waals surface area contributed by atoms with Crippen LogP contribution in [0.5, 0.6) is 0 Å². The summed E-state index contributed by atoms with van der Waals surface area (Å²) >= 11 is 0. The number of nitrogens with zero attached hydrogens (tertiary/aromatic N) is 2. The second kappa shape index (κ2) is 5.84. The van der Waals surface area contributed by atoms with Crippen molar-refractivity contribution in [3.8, 4) is 0 Å². The number of carbonyl (C=O) groups excluding carboxylic acids is 2. The average molecular weight is 309 g/mol. The maximum Gasteiger partial charge on any atom is 0.312 e. The molecule has 22 heavy (non-hydrogen) atoms. The lowest BCUT2D eigenvalue weighted by atomic mass is 9.77. The minimum absolute atomic E-state index is 0.0694. The van der Waals surface area contributed by atoms with Crippen LogP contribution in [-0.2, 0) is 9.59 Å². The molecule has 2 rings (SSSR count). The summed E-state index contributed by atoms with van der Waals surface area (Å²) in [5, 5.41) is 0. The molecule has 2 N–H and O–H groups in total. The van der Waals surface area contributed by atoms with E-state index in [9.17, 15) is 9.59 Å². The van der Waals surface area contributed by atoms with Crippen LogP contribution in [-0.4, -0.2) is 51.8 Å². The first-order chi connectivity index (χ1) is 10.0. The molecule has 0 spiro atoms. The third-order valence-corrected chi connectivity index (χ3v) is 5.19. The van der Waals surface area contributed by atoms with Gasteiger partial charge in [-0.1, -0.05) is 6.92 Å². The number of nitrogens with two attached hydrogens (primary N) is 1. The Morgan fingerprint density at radius 3 is 1.86 bits per heavy atom. The average Bonchev–Trinajstić information content (AvgIpc) is 2.35. The summed E-state index contributed by atoms with van der Waals surface area (Å²) in [6.45, 7) is 11.6. The van der Waals surface area contributed by atoms with Crippen LogP contribution in [0, 0.1) is 5.92 Å². The smallest absolute Gasteiger partial charge is 0.312 e. The molecule has 5 nitrogen and oxygen atoms in total. The standard InChI is InChI=1S/C17H31N3O2/c1-12-6-8-19(9-7-12)14(21)15(22)20-16(2,3)10-13(18)11-17(20,4)5/h12-13H,6-11,18H2,1-5H3. The molecule has 0 aromatic carbocycles. The first-order valence-corrected chi connectivity index (χ1v) is 8.44. The molecule has 0 unspecified atom stereocenters. The fourth-order valence-electron chi connectivity index (χ4n) is 4.35. The summed E-state index contributed by atoms with van der Waals surface area (Å²) in [6.07, 6.45) is 3.42. The van der Waals surface area contributed by atoms with Gasteiger partial charge in [-0.2, -0.15) is 0 Å². The Kier molecular flexibility index (Phi) is 4.58. The van der Waals surface area contributed by atoms with Crippen LogP contribution in [0.4, 0.5) is 0 Å². The second-order valence-electron chi connectivity index (χ2n) is 8.41. The lowest BCUT2D eigenvalue weighted by Crippen LogP contribution is -2.67. The van der Waals surface area contributed by atoms with Crippen LogP contribution in [0.1, 0.15) is 60.3 Å². The number of hydrogen-bond acceptors (Lipinski definition) is 3. The van der Waals surface area contributed by atoms with Crippen molar-refractivity contribution in [2.75, 3.05) is 13.1 Å². The summed E-state index contributed by atoms with van der Waals surface area (Å²) in [4.78, 5) is 29.1. The number of amides is 2. The highest BCUT2D eigenvalue weighted by atomic mass is 16.2. The molecule has 2 aliphatic rings. The molecule has 2 heterocycles. The van der Waals surface area contributed by atoms with E-state index in [1.54, 1.807) is 9.80 Å². The zero-order chi connectivity index (χ0) is 16.7. The molecule has 126 valence electrons. The number of carbonyl (C=O) groups is 2. The van der Waals surface area contributed by atoms with Gasteiger partial charge in [-0.05, 0) is 59.3 Å². The van der Waals surface area contributed by atoms with E-state index >= 15 is 0 Å². The molecule has 0 saturated carbocycles. The van der Waals surface area contributed by atoms with Crippen LogP contribution in [0.3, 0.4) is 0 Å². The number of piperidine rings is 2. The minimum Gasteiger partial charge on any atom is -0.334 e. The summed E-state index contributed by atoms with van der Waals surface area (Å²) in [7, 11) is 0. The Labute approximate surface area is 134 Å². The molecule has 0 aromatic rings. The summed E-state index contributed by atoms with van der Waals surface area (Å²) in [5.74, 6) is -0.0695. The molecule has 0 bridgehead atoms. The van der Waals surface area contributed by atoms with Crippen LogP contribution >= 0.6 is 0 Å². The van der Waals surface area contributed by atoms with Gasteiger partial charge in [0.1, 0.15) is 0 Å². The van der Waals surface area contributed by atoms with Gasteiger partial charge in [-0.15, -0.1) is 0 Å². The number of rotatable bonds is 0. The van der Waals surface area contributed by atoms with E-state index in [4.69, 9.17) is 5.73 Å². The monoisotopic (exact) mass is 309 g/mol. The second-order valence-corrected chi connectivity index (χ2v) is 8.41. The number of likely N-dealkylation sites (tertiary alicyclic amines) is 2. The third kappa shape index (κ3) is 3.29. The Bertz CT molecular complexity index is 433.